The largest absolute Gasteiger partial charge is 0.339 e. The van der Waals surface area contributed by atoms with Gasteiger partial charge in [0.1, 0.15) is 0 Å². The molecular formula is C22H32ClN3O2. The smallest absolute Gasteiger partial charge is 0.230 e. The first-order valence-electron chi connectivity index (χ1n) is 10.4. The van der Waals surface area contributed by atoms with Gasteiger partial charge in [0.05, 0.1) is 11.8 Å². The standard InChI is InChI=1S/C22H31N3O2.ClH/c1-17-6-2-3-7-18(17)14-20(26)24-10-12-25(13-11-24)21(27)22-9-5-4-8-19(22)15-23-16-22;/h2-3,6-7,19,23H,4-5,8-16H2,1H3;1H/t19-,22+;/m0./s1. The van der Waals surface area contributed by atoms with Crippen LogP contribution in [-0.4, -0.2) is 60.9 Å². The molecule has 1 N–H and O–H groups in total. The molecule has 0 radical (unpaired) electrons. The molecule has 2 heterocycles. The molecule has 0 aromatic heterocycles. The number of nitrogens with zero attached hydrogens (tertiary/aromatic N) is 2. The molecule has 1 saturated carbocycles. The van der Waals surface area contributed by atoms with Crippen LogP contribution in [0, 0.1) is 18.3 Å². The lowest BCUT2D eigenvalue weighted by atomic mass is 9.67. The quantitative estimate of drug-likeness (QED) is 0.840. The van der Waals surface area contributed by atoms with E-state index in [0.717, 1.165) is 30.6 Å². The van der Waals surface area contributed by atoms with Crippen molar-refractivity contribution in [2.24, 2.45) is 11.3 Å². The second kappa shape index (κ2) is 8.83. The first-order valence-corrected chi connectivity index (χ1v) is 10.4. The fraction of sp³-hybridized carbons (Fsp3) is 0.636. The average molecular weight is 406 g/mol. The van der Waals surface area contributed by atoms with Gasteiger partial charge in [-0.05, 0) is 43.4 Å². The maximum atomic E-state index is 13.4. The highest BCUT2D eigenvalue weighted by molar-refractivity contribution is 5.85. The number of aryl methyl sites for hydroxylation is 1. The van der Waals surface area contributed by atoms with Gasteiger partial charge in [-0.2, -0.15) is 0 Å². The lowest BCUT2D eigenvalue weighted by Crippen LogP contribution is -2.56. The van der Waals surface area contributed by atoms with E-state index in [4.69, 9.17) is 0 Å². The Hall–Kier alpha value is -1.59. The number of benzene rings is 1. The van der Waals surface area contributed by atoms with E-state index in [1.807, 2.05) is 28.0 Å². The molecule has 1 aliphatic carbocycles. The van der Waals surface area contributed by atoms with E-state index in [0.29, 0.717) is 44.4 Å². The molecule has 2 aliphatic heterocycles. The second-order valence-corrected chi connectivity index (χ2v) is 8.51. The van der Waals surface area contributed by atoms with Crippen molar-refractivity contribution in [3.8, 4) is 0 Å². The third-order valence-electron chi connectivity index (χ3n) is 6.99. The molecule has 2 saturated heterocycles. The summed E-state index contributed by atoms with van der Waals surface area (Å²) in [7, 11) is 0. The van der Waals surface area contributed by atoms with Gasteiger partial charge >= 0.3 is 0 Å². The molecule has 6 heteroatoms. The Labute approximate surface area is 174 Å². The van der Waals surface area contributed by atoms with Crippen molar-refractivity contribution in [2.75, 3.05) is 39.3 Å². The van der Waals surface area contributed by atoms with E-state index < -0.39 is 0 Å². The summed E-state index contributed by atoms with van der Waals surface area (Å²) in [6, 6.07) is 8.07. The number of fused-ring (bicyclic) bond motifs is 1. The number of hydrogen-bond acceptors (Lipinski definition) is 3. The van der Waals surface area contributed by atoms with Crippen molar-refractivity contribution < 1.29 is 9.59 Å². The van der Waals surface area contributed by atoms with Crippen molar-refractivity contribution in [3.05, 3.63) is 35.4 Å². The lowest BCUT2D eigenvalue weighted by Gasteiger charge is -2.43. The highest BCUT2D eigenvalue weighted by Crippen LogP contribution is 2.45. The predicted molar refractivity (Wildman–Crippen MR) is 113 cm³/mol. The molecule has 3 aliphatic rings. The normalized spacial score (nSPS) is 27.1. The van der Waals surface area contributed by atoms with E-state index in [-0.39, 0.29) is 23.7 Å². The minimum atomic E-state index is -0.175. The fourth-order valence-corrected chi connectivity index (χ4v) is 5.23. The van der Waals surface area contributed by atoms with Crippen molar-refractivity contribution in [1.82, 2.24) is 15.1 Å². The number of halogens is 1. The average Bonchev–Trinajstić information content (AvgIpc) is 3.14. The third-order valence-corrected chi connectivity index (χ3v) is 6.99. The molecule has 0 unspecified atom stereocenters. The van der Waals surface area contributed by atoms with Gasteiger partial charge < -0.3 is 15.1 Å². The second-order valence-electron chi connectivity index (χ2n) is 8.51. The minimum absolute atomic E-state index is 0. The zero-order valence-electron chi connectivity index (χ0n) is 16.8. The zero-order chi connectivity index (χ0) is 18.9. The summed E-state index contributed by atoms with van der Waals surface area (Å²) in [5.74, 6) is 1.01. The Morgan fingerprint density at radius 3 is 2.57 bits per heavy atom. The van der Waals surface area contributed by atoms with E-state index in [1.165, 1.54) is 19.3 Å². The first-order chi connectivity index (χ1) is 13.1. The van der Waals surface area contributed by atoms with Gasteiger partial charge in [0.2, 0.25) is 11.8 Å². The van der Waals surface area contributed by atoms with Gasteiger partial charge in [0.15, 0.2) is 0 Å². The number of carbonyl (C=O) groups is 2. The van der Waals surface area contributed by atoms with E-state index in [2.05, 4.69) is 18.3 Å². The summed E-state index contributed by atoms with van der Waals surface area (Å²) in [6.07, 6.45) is 5.07. The molecular weight excluding hydrogens is 374 g/mol. The fourth-order valence-electron chi connectivity index (χ4n) is 5.23. The molecule has 5 nitrogen and oxygen atoms in total. The lowest BCUT2D eigenvalue weighted by molar-refractivity contribution is -0.149. The summed E-state index contributed by atoms with van der Waals surface area (Å²) in [4.78, 5) is 30.0. The predicted octanol–water partition coefficient (Wildman–Crippen LogP) is 2.41. The number of nitrogens with one attached hydrogen (secondary N) is 1. The first kappa shape index (κ1) is 21.1. The molecule has 4 rings (SSSR count). The maximum absolute atomic E-state index is 13.4. The highest BCUT2D eigenvalue weighted by Gasteiger charge is 2.51. The molecule has 28 heavy (non-hydrogen) atoms. The Morgan fingerprint density at radius 2 is 1.82 bits per heavy atom. The Bertz CT molecular complexity index is 717. The number of amides is 2. The van der Waals surface area contributed by atoms with Gasteiger partial charge in [-0.1, -0.05) is 37.1 Å². The summed E-state index contributed by atoms with van der Waals surface area (Å²) < 4.78 is 0. The SMILES string of the molecule is Cc1ccccc1CC(=O)N1CCN(C(=O)[C@@]23CCCC[C@H]2CNC3)CC1.Cl. The molecule has 3 fully saturated rings. The van der Waals surface area contributed by atoms with Crippen LogP contribution in [0.15, 0.2) is 24.3 Å². The number of hydrogen-bond donors (Lipinski definition) is 1. The summed E-state index contributed by atoms with van der Waals surface area (Å²) in [5, 5.41) is 3.47. The van der Waals surface area contributed by atoms with Crippen LogP contribution in [0.1, 0.15) is 36.8 Å². The van der Waals surface area contributed by atoms with Gasteiger partial charge in [-0.25, -0.2) is 0 Å². The van der Waals surface area contributed by atoms with Crippen LogP contribution in [0.3, 0.4) is 0 Å². The summed E-state index contributed by atoms with van der Waals surface area (Å²) in [5.41, 5.74) is 2.09. The summed E-state index contributed by atoms with van der Waals surface area (Å²) >= 11 is 0. The van der Waals surface area contributed by atoms with Gasteiger partial charge in [-0.3, -0.25) is 9.59 Å². The van der Waals surface area contributed by atoms with Crippen LogP contribution < -0.4 is 5.32 Å². The van der Waals surface area contributed by atoms with Crippen LogP contribution in [0.5, 0.6) is 0 Å². The number of rotatable bonds is 3. The maximum Gasteiger partial charge on any atom is 0.230 e. The van der Waals surface area contributed by atoms with Gasteiger partial charge in [0.25, 0.3) is 0 Å². The van der Waals surface area contributed by atoms with E-state index >= 15 is 0 Å². The monoisotopic (exact) mass is 405 g/mol. The van der Waals surface area contributed by atoms with Gasteiger partial charge in [0, 0.05) is 32.7 Å². The Kier molecular flexibility index (Phi) is 6.66. The molecule has 1 aromatic carbocycles. The number of piperazine rings is 1. The Balaban J connectivity index is 0.00000225. The van der Waals surface area contributed by atoms with Crippen LogP contribution >= 0.6 is 12.4 Å². The van der Waals surface area contributed by atoms with Crippen molar-refractivity contribution >= 4 is 24.2 Å². The van der Waals surface area contributed by atoms with E-state index in [9.17, 15) is 9.59 Å². The van der Waals surface area contributed by atoms with Crippen molar-refractivity contribution in [3.63, 3.8) is 0 Å². The Morgan fingerprint density at radius 1 is 1.11 bits per heavy atom. The summed E-state index contributed by atoms with van der Waals surface area (Å²) in [6.45, 7) is 6.53. The molecule has 1 aromatic rings. The molecule has 2 atom stereocenters. The van der Waals surface area contributed by atoms with Gasteiger partial charge in [-0.15, -0.1) is 12.4 Å². The topological polar surface area (TPSA) is 52.7 Å². The van der Waals surface area contributed by atoms with Crippen LogP contribution in [0.25, 0.3) is 0 Å². The molecule has 2 amide bonds. The molecule has 0 spiro atoms. The molecule has 154 valence electrons. The number of carbonyl (C=O) groups excluding carboxylic acids is 2. The zero-order valence-corrected chi connectivity index (χ0v) is 17.6. The van der Waals surface area contributed by atoms with Crippen LogP contribution in [-0.2, 0) is 16.0 Å². The third kappa shape index (κ3) is 3.92. The minimum Gasteiger partial charge on any atom is -0.339 e. The molecule has 0 bridgehead atoms. The van der Waals surface area contributed by atoms with Crippen LogP contribution in [0.2, 0.25) is 0 Å². The van der Waals surface area contributed by atoms with Crippen LogP contribution in [0.4, 0.5) is 0 Å². The van der Waals surface area contributed by atoms with Crippen molar-refractivity contribution in [1.29, 1.82) is 0 Å². The highest BCUT2D eigenvalue weighted by atomic mass is 35.5. The van der Waals surface area contributed by atoms with E-state index in [1.54, 1.807) is 0 Å². The van der Waals surface area contributed by atoms with Crippen molar-refractivity contribution in [2.45, 2.75) is 39.0 Å².